The monoisotopic (exact) mass is 567 g/mol. The lowest BCUT2D eigenvalue weighted by molar-refractivity contribution is -0.116. The van der Waals surface area contributed by atoms with Crippen LogP contribution < -0.4 is 5.73 Å². The van der Waals surface area contributed by atoms with Gasteiger partial charge in [-0.3, -0.25) is 18.1 Å². The molecule has 13 nitrogen and oxygen atoms in total. The predicted molar refractivity (Wildman–Crippen MR) is 134 cm³/mol. The topological polar surface area (TPSA) is 159 Å². The number of cyclic esters (lactones) is 2. The van der Waals surface area contributed by atoms with Crippen molar-refractivity contribution in [3.63, 3.8) is 0 Å². The van der Waals surface area contributed by atoms with Crippen LogP contribution in [0.25, 0.3) is 11.2 Å². The number of carbonyl (C=O) groups is 1. The summed E-state index contributed by atoms with van der Waals surface area (Å²) in [6.07, 6.45) is -0.620. The van der Waals surface area contributed by atoms with Gasteiger partial charge in [0.15, 0.2) is 17.6 Å². The Hall–Kier alpha value is -2.80. The molecular weight excluding hydrogens is 541 g/mol. The van der Waals surface area contributed by atoms with E-state index in [1.165, 1.54) is 12.7 Å². The molecule has 2 aromatic heterocycles. The second kappa shape index (κ2) is 10.4. The number of hydrogen-bond acceptors (Lipinski definition) is 12. The maximum absolute atomic E-state index is 13.7. The van der Waals surface area contributed by atoms with E-state index in [0.717, 1.165) is 5.56 Å². The van der Waals surface area contributed by atoms with Gasteiger partial charge in [0.25, 0.3) is 0 Å². The van der Waals surface area contributed by atoms with Crippen molar-refractivity contribution >= 4 is 42.6 Å². The van der Waals surface area contributed by atoms with Gasteiger partial charge in [-0.1, -0.05) is 23.7 Å². The fourth-order valence-corrected chi connectivity index (χ4v) is 6.19. The third kappa shape index (κ3) is 5.78. The first-order valence-electron chi connectivity index (χ1n) is 11.8. The molecule has 3 aromatic rings. The fourth-order valence-electron chi connectivity index (χ4n) is 4.32. The van der Waals surface area contributed by atoms with Crippen LogP contribution in [0.3, 0.4) is 0 Å². The molecule has 15 heteroatoms. The minimum atomic E-state index is -4.09. The van der Waals surface area contributed by atoms with Crippen molar-refractivity contribution in [2.75, 3.05) is 18.9 Å². The quantitative estimate of drug-likeness (QED) is 0.298. The van der Waals surface area contributed by atoms with E-state index in [1.807, 2.05) is 6.07 Å². The van der Waals surface area contributed by atoms with E-state index in [0.29, 0.717) is 22.6 Å². The molecule has 0 aliphatic carbocycles. The van der Waals surface area contributed by atoms with E-state index in [4.69, 9.17) is 45.1 Å². The van der Waals surface area contributed by atoms with Crippen molar-refractivity contribution < 1.29 is 37.1 Å². The van der Waals surface area contributed by atoms with Gasteiger partial charge >= 0.3 is 14.0 Å². The number of nitrogen functional groups attached to an aromatic ring is 1. The summed E-state index contributed by atoms with van der Waals surface area (Å²) in [7, 11) is -4.09. The zero-order valence-electron chi connectivity index (χ0n) is 20.9. The number of anilines is 1. The van der Waals surface area contributed by atoms with Crippen LogP contribution in [0, 0.1) is 0 Å². The first-order valence-corrected chi connectivity index (χ1v) is 13.7. The summed E-state index contributed by atoms with van der Waals surface area (Å²) < 4.78 is 49.1. The molecule has 0 radical (unpaired) electrons. The van der Waals surface area contributed by atoms with Crippen LogP contribution in [0.15, 0.2) is 36.9 Å². The van der Waals surface area contributed by atoms with Crippen molar-refractivity contribution in [1.29, 1.82) is 0 Å². The van der Waals surface area contributed by atoms with Crippen molar-refractivity contribution in [1.82, 2.24) is 19.5 Å². The molecule has 2 fully saturated rings. The second-order valence-electron chi connectivity index (χ2n) is 9.52. The number of phosphoric ester groups is 1. The molecule has 2 aliphatic rings. The molecule has 2 N–H and O–H groups in total. The summed E-state index contributed by atoms with van der Waals surface area (Å²) >= 11 is 6.15. The maximum atomic E-state index is 13.7. The lowest BCUT2D eigenvalue weighted by Crippen LogP contribution is -2.38. The molecule has 2 aliphatic heterocycles. The molecular formula is C23H27ClN5O8P. The van der Waals surface area contributed by atoms with E-state index in [-0.39, 0.29) is 19.0 Å². The van der Waals surface area contributed by atoms with Gasteiger partial charge < -0.3 is 19.9 Å². The number of hydrogen-bond donors (Lipinski definition) is 1. The van der Waals surface area contributed by atoms with Crippen LogP contribution in [-0.2, 0) is 32.3 Å². The number of ether oxygens (including phenoxy) is 3. The molecule has 2 saturated heterocycles. The largest absolute Gasteiger partial charge is 0.508 e. The Bertz CT molecular complexity index is 1390. The number of aromatic nitrogens is 4. The highest BCUT2D eigenvalue weighted by atomic mass is 35.5. The Morgan fingerprint density at radius 3 is 2.87 bits per heavy atom. The van der Waals surface area contributed by atoms with E-state index >= 15 is 0 Å². The number of carbonyl (C=O) groups excluding carboxylic acids is 1. The standard InChI is InChI=1S/C23H27ClN5O8P/c1-13(29-12-28-19-20(25)26-11-27-21(19)29)34-18(17-9-32-22(30)35-17)10-33-38(31)36-16(8-23(2,3)37-38)14-5-4-6-15(24)7-14/h4-7,11-13,16-18H,8-10H2,1-3H3,(H2,25,26,27)/t13-,16+,17+,18-,38?/m1/s1. The number of imidazole rings is 1. The molecule has 0 bridgehead atoms. The number of phosphoric acid groups is 1. The highest BCUT2D eigenvalue weighted by Crippen LogP contribution is 2.61. The third-order valence-corrected chi connectivity index (χ3v) is 8.02. The normalized spacial score (nSPS) is 26.6. The first-order chi connectivity index (χ1) is 18.0. The molecule has 1 unspecified atom stereocenters. The van der Waals surface area contributed by atoms with Gasteiger partial charge in [0, 0.05) is 11.4 Å². The van der Waals surface area contributed by atoms with Crippen LogP contribution in [0.4, 0.5) is 10.6 Å². The fraction of sp³-hybridized carbons (Fsp3) is 0.478. The molecule has 5 atom stereocenters. The molecule has 1 aromatic carbocycles. The number of nitrogens with zero attached hydrogens (tertiary/aromatic N) is 4. The summed E-state index contributed by atoms with van der Waals surface area (Å²) in [6.45, 7) is 4.94. The van der Waals surface area contributed by atoms with Crippen LogP contribution in [0.1, 0.15) is 45.1 Å². The van der Waals surface area contributed by atoms with Gasteiger partial charge in [-0.15, -0.1) is 0 Å². The first kappa shape index (κ1) is 26.8. The van der Waals surface area contributed by atoms with Gasteiger partial charge in [-0.2, -0.15) is 0 Å². The second-order valence-corrected chi connectivity index (χ2v) is 11.5. The van der Waals surface area contributed by atoms with Crippen molar-refractivity contribution in [3.05, 3.63) is 47.5 Å². The van der Waals surface area contributed by atoms with Crippen LogP contribution in [-0.4, -0.2) is 56.7 Å². The minimum absolute atomic E-state index is 0.0813. The van der Waals surface area contributed by atoms with Gasteiger partial charge in [-0.05, 0) is 38.5 Å². The Labute approximate surface area is 223 Å². The number of rotatable bonds is 8. The number of benzene rings is 1. The Balaban J connectivity index is 1.35. The summed E-state index contributed by atoms with van der Waals surface area (Å²) in [5, 5.41) is 0.524. The highest BCUT2D eigenvalue weighted by Gasteiger charge is 2.46. The van der Waals surface area contributed by atoms with E-state index in [9.17, 15) is 9.36 Å². The predicted octanol–water partition coefficient (Wildman–Crippen LogP) is 4.58. The molecule has 0 saturated carbocycles. The van der Waals surface area contributed by atoms with Gasteiger partial charge in [0.1, 0.15) is 30.8 Å². The minimum Gasteiger partial charge on any atom is -0.430 e. The van der Waals surface area contributed by atoms with Crippen molar-refractivity contribution in [2.45, 2.75) is 57.3 Å². The van der Waals surface area contributed by atoms with Gasteiger partial charge in [0.05, 0.1) is 24.6 Å². The Kier molecular flexibility index (Phi) is 7.33. The average Bonchev–Trinajstić information content (AvgIpc) is 3.48. The SMILES string of the molecule is C[C@@H](O[C@H](COP1(=O)O[C@H](c2cccc(Cl)c2)CC(C)(C)O1)[C@@H]1COC(=O)O1)n1cnc2c(N)ncnc21. The maximum Gasteiger partial charge on any atom is 0.508 e. The van der Waals surface area contributed by atoms with Crippen LogP contribution in [0.5, 0.6) is 0 Å². The van der Waals surface area contributed by atoms with Crippen molar-refractivity contribution in [2.24, 2.45) is 0 Å². The van der Waals surface area contributed by atoms with Gasteiger partial charge in [0.2, 0.25) is 0 Å². The molecule has 0 spiro atoms. The van der Waals surface area contributed by atoms with Crippen molar-refractivity contribution in [3.8, 4) is 0 Å². The lowest BCUT2D eigenvalue weighted by atomic mass is 9.96. The lowest BCUT2D eigenvalue weighted by Gasteiger charge is -2.39. The third-order valence-electron chi connectivity index (χ3n) is 6.09. The van der Waals surface area contributed by atoms with Crippen LogP contribution in [0.2, 0.25) is 5.02 Å². The number of halogens is 1. The molecule has 204 valence electrons. The summed E-state index contributed by atoms with van der Waals surface area (Å²) in [6, 6.07) is 7.10. The number of nitrogens with two attached hydrogens (primary N) is 1. The highest BCUT2D eigenvalue weighted by molar-refractivity contribution is 7.48. The summed E-state index contributed by atoms with van der Waals surface area (Å²) in [5.74, 6) is 0.223. The summed E-state index contributed by atoms with van der Waals surface area (Å²) in [4.78, 5) is 24.1. The van der Waals surface area contributed by atoms with Gasteiger partial charge in [-0.25, -0.2) is 24.3 Å². The van der Waals surface area contributed by atoms with E-state index < -0.39 is 44.1 Å². The Morgan fingerprint density at radius 1 is 1.32 bits per heavy atom. The Morgan fingerprint density at radius 2 is 2.13 bits per heavy atom. The molecule has 0 amide bonds. The summed E-state index contributed by atoms with van der Waals surface area (Å²) in [5.41, 5.74) is 6.65. The van der Waals surface area contributed by atoms with E-state index in [2.05, 4.69) is 15.0 Å². The molecule has 5 rings (SSSR count). The average molecular weight is 568 g/mol. The zero-order valence-corrected chi connectivity index (χ0v) is 22.5. The zero-order chi connectivity index (χ0) is 27.1. The van der Waals surface area contributed by atoms with Crippen LogP contribution >= 0.6 is 19.4 Å². The van der Waals surface area contributed by atoms with E-state index in [1.54, 1.807) is 43.5 Å². The number of fused-ring (bicyclic) bond motifs is 1. The molecule has 38 heavy (non-hydrogen) atoms. The smallest absolute Gasteiger partial charge is 0.430 e. The molecule has 4 heterocycles.